The van der Waals surface area contributed by atoms with Crippen LogP contribution in [0.25, 0.3) is 0 Å². The Balaban J connectivity index is 2.29. The maximum absolute atomic E-state index is 6.09. The van der Waals surface area contributed by atoms with Crippen LogP contribution in [0.5, 0.6) is 0 Å². The number of halogens is 2. The van der Waals surface area contributed by atoms with Gasteiger partial charge in [0.15, 0.2) is 0 Å². The number of oxazole rings is 1. The highest BCUT2D eigenvalue weighted by molar-refractivity contribution is 7.99. The summed E-state index contributed by atoms with van der Waals surface area (Å²) in [6.45, 7) is 4.56. The van der Waals surface area contributed by atoms with Gasteiger partial charge in [0, 0.05) is 6.54 Å². The lowest BCUT2D eigenvalue weighted by Crippen LogP contribution is -2.00. The van der Waals surface area contributed by atoms with Gasteiger partial charge in [-0.2, -0.15) is 0 Å². The zero-order chi connectivity index (χ0) is 13.1. The summed E-state index contributed by atoms with van der Waals surface area (Å²) in [5.41, 5.74) is 0.814. The van der Waals surface area contributed by atoms with E-state index >= 15 is 0 Å². The van der Waals surface area contributed by atoms with E-state index in [4.69, 9.17) is 27.6 Å². The van der Waals surface area contributed by atoms with Crippen molar-refractivity contribution in [1.29, 1.82) is 0 Å². The van der Waals surface area contributed by atoms with Crippen molar-refractivity contribution < 1.29 is 4.42 Å². The number of hydrogen-bond acceptors (Lipinski definition) is 5. The average molecular weight is 304 g/mol. The number of anilines is 1. The molecule has 0 aliphatic heterocycles. The quantitative estimate of drug-likeness (QED) is 0.914. The molecule has 0 amide bonds. The maximum Gasteiger partial charge on any atom is 0.262 e. The third kappa shape index (κ3) is 3.10. The monoisotopic (exact) mass is 303 g/mol. The fourth-order valence-corrected chi connectivity index (χ4v) is 2.56. The lowest BCUT2D eigenvalue weighted by atomic mass is 10.4. The lowest BCUT2D eigenvalue weighted by molar-refractivity contribution is 0.454. The van der Waals surface area contributed by atoms with Gasteiger partial charge in [-0.3, -0.25) is 0 Å². The van der Waals surface area contributed by atoms with Crippen LogP contribution in [0, 0.1) is 6.92 Å². The Labute approximate surface area is 119 Å². The van der Waals surface area contributed by atoms with Gasteiger partial charge in [0.25, 0.3) is 5.22 Å². The molecule has 0 radical (unpaired) electrons. The topological polar surface area (TPSA) is 51.0 Å². The van der Waals surface area contributed by atoms with Crippen LogP contribution in [0.3, 0.4) is 0 Å². The molecular formula is C11H11Cl2N3OS. The van der Waals surface area contributed by atoms with E-state index < -0.39 is 0 Å². The van der Waals surface area contributed by atoms with Crippen LogP contribution >= 0.6 is 35.0 Å². The molecule has 0 aliphatic carbocycles. The third-order valence-corrected chi connectivity index (χ3v) is 3.58. The summed E-state index contributed by atoms with van der Waals surface area (Å²) in [6.07, 6.45) is 1.58. The van der Waals surface area contributed by atoms with Gasteiger partial charge in [0.2, 0.25) is 0 Å². The number of nitrogens with one attached hydrogen (secondary N) is 1. The molecule has 2 rings (SSSR count). The largest absolute Gasteiger partial charge is 0.439 e. The van der Waals surface area contributed by atoms with Crippen molar-refractivity contribution in [3.63, 3.8) is 0 Å². The molecule has 0 fully saturated rings. The second kappa shape index (κ2) is 5.82. The van der Waals surface area contributed by atoms with Gasteiger partial charge >= 0.3 is 0 Å². The first kappa shape index (κ1) is 13.5. The van der Waals surface area contributed by atoms with Crippen molar-refractivity contribution >= 4 is 40.8 Å². The molecule has 18 heavy (non-hydrogen) atoms. The van der Waals surface area contributed by atoms with E-state index in [1.165, 1.54) is 11.8 Å². The highest BCUT2D eigenvalue weighted by Gasteiger charge is 2.13. The molecule has 4 nitrogen and oxygen atoms in total. The highest BCUT2D eigenvalue weighted by Crippen LogP contribution is 2.35. The number of pyridine rings is 1. The Morgan fingerprint density at radius 3 is 2.72 bits per heavy atom. The first-order valence-corrected chi connectivity index (χ1v) is 6.87. The Bertz CT molecular complexity index is 559. The Hall–Kier alpha value is -0.910. The standard InChI is InChI=1S/C11H11Cl2N3OS/c1-3-14-9-7(12)4-8(13)10(16-9)18-11-15-6(2)5-17-11/h4-5H,3H2,1-2H3,(H,14,16). The highest BCUT2D eigenvalue weighted by atomic mass is 35.5. The predicted octanol–water partition coefficient (Wildman–Crippen LogP) is 4.27. The molecule has 0 aliphatic rings. The van der Waals surface area contributed by atoms with E-state index in [2.05, 4.69) is 15.3 Å². The van der Waals surface area contributed by atoms with Crippen molar-refractivity contribution in [2.24, 2.45) is 0 Å². The minimum Gasteiger partial charge on any atom is -0.439 e. The number of aryl methyl sites for hydroxylation is 1. The molecule has 0 spiro atoms. The summed E-state index contributed by atoms with van der Waals surface area (Å²) in [5.74, 6) is 0.606. The third-order valence-electron chi connectivity index (χ3n) is 2.02. The van der Waals surface area contributed by atoms with Crippen molar-refractivity contribution in [3.05, 3.63) is 28.1 Å². The van der Waals surface area contributed by atoms with Crippen molar-refractivity contribution in [3.8, 4) is 0 Å². The average Bonchev–Trinajstić information content (AvgIpc) is 2.71. The van der Waals surface area contributed by atoms with Crippen LogP contribution in [-0.4, -0.2) is 16.5 Å². The molecule has 2 heterocycles. The van der Waals surface area contributed by atoms with Crippen LogP contribution < -0.4 is 5.32 Å². The smallest absolute Gasteiger partial charge is 0.262 e. The molecule has 0 atom stereocenters. The number of nitrogens with zero attached hydrogens (tertiary/aromatic N) is 2. The first-order chi connectivity index (χ1) is 8.60. The van der Waals surface area contributed by atoms with Crippen LogP contribution in [0.1, 0.15) is 12.6 Å². The summed E-state index contributed by atoms with van der Waals surface area (Å²) < 4.78 is 5.25. The zero-order valence-corrected chi connectivity index (χ0v) is 12.2. The van der Waals surface area contributed by atoms with E-state index in [9.17, 15) is 0 Å². The Kier molecular flexibility index (Phi) is 4.37. The van der Waals surface area contributed by atoms with Gasteiger partial charge in [0.1, 0.15) is 17.1 Å². The van der Waals surface area contributed by atoms with E-state index in [0.29, 0.717) is 26.1 Å². The van der Waals surface area contributed by atoms with Gasteiger partial charge in [-0.1, -0.05) is 23.2 Å². The molecule has 0 aromatic carbocycles. The van der Waals surface area contributed by atoms with Crippen LogP contribution in [0.2, 0.25) is 10.0 Å². The minimum absolute atomic E-state index is 0.475. The molecule has 1 N–H and O–H groups in total. The van der Waals surface area contributed by atoms with Gasteiger partial charge in [-0.15, -0.1) is 0 Å². The molecule has 0 saturated carbocycles. The predicted molar refractivity (Wildman–Crippen MR) is 73.8 cm³/mol. The second-order valence-corrected chi connectivity index (χ2v) is 5.25. The summed E-state index contributed by atoms with van der Waals surface area (Å²) in [6, 6.07) is 1.66. The molecule has 0 saturated heterocycles. The fourth-order valence-electron chi connectivity index (χ4n) is 1.27. The van der Waals surface area contributed by atoms with Crippen LogP contribution in [-0.2, 0) is 0 Å². The minimum atomic E-state index is 0.475. The number of hydrogen-bond donors (Lipinski definition) is 1. The zero-order valence-electron chi connectivity index (χ0n) is 9.83. The second-order valence-electron chi connectivity index (χ2n) is 3.49. The molecule has 7 heteroatoms. The molecule has 2 aromatic heterocycles. The van der Waals surface area contributed by atoms with E-state index in [1.54, 1.807) is 12.3 Å². The van der Waals surface area contributed by atoms with E-state index in [-0.39, 0.29) is 0 Å². The van der Waals surface area contributed by atoms with Gasteiger partial charge in [-0.05, 0) is 31.7 Å². The Morgan fingerprint density at radius 2 is 2.11 bits per heavy atom. The molecule has 0 bridgehead atoms. The van der Waals surface area contributed by atoms with Gasteiger partial charge < -0.3 is 9.73 Å². The lowest BCUT2D eigenvalue weighted by Gasteiger charge is -2.08. The SMILES string of the molecule is CCNc1nc(Sc2nc(C)co2)c(Cl)cc1Cl. The summed E-state index contributed by atoms with van der Waals surface area (Å²) in [5, 5.41) is 5.15. The van der Waals surface area contributed by atoms with Crippen LogP contribution in [0.4, 0.5) is 5.82 Å². The maximum atomic E-state index is 6.09. The van der Waals surface area contributed by atoms with Crippen molar-refractivity contribution in [2.45, 2.75) is 24.1 Å². The normalized spacial score (nSPS) is 10.7. The Morgan fingerprint density at radius 1 is 1.33 bits per heavy atom. The van der Waals surface area contributed by atoms with Crippen LogP contribution in [0.15, 0.2) is 27.0 Å². The van der Waals surface area contributed by atoms with Crippen molar-refractivity contribution in [1.82, 2.24) is 9.97 Å². The molecular weight excluding hydrogens is 293 g/mol. The van der Waals surface area contributed by atoms with Gasteiger partial charge in [0.05, 0.1) is 15.7 Å². The summed E-state index contributed by atoms with van der Waals surface area (Å²) in [7, 11) is 0. The molecule has 0 unspecified atom stereocenters. The van der Waals surface area contributed by atoms with Gasteiger partial charge in [-0.25, -0.2) is 9.97 Å². The summed E-state index contributed by atoms with van der Waals surface area (Å²) >= 11 is 13.4. The van der Waals surface area contributed by atoms with Crippen molar-refractivity contribution in [2.75, 3.05) is 11.9 Å². The first-order valence-electron chi connectivity index (χ1n) is 5.30. The van der Waals surface area contributed by atoms with E-state index in [0.717, 1.165) is 12.2 Å². The van der Waals surface area contributed by atoms with E-state index in [1.807, 2.05) is 13.8 Å². The molecule has 96 valence electrons. The number of rotatable bonds is 4. The molecule has 2 aromatic rings. The number of aromatic nitrogens is 2. The fraction of sp³-hybridized carbons (Fsp3) is 0.273. The summed E-state index contributed by atoms with van der Waals surface area (Å²) in [4.78, 5) is 8.54.